The first-order valence-corrected chi connectivity index (χ1v) is 7.09. The number of carbonyl (C=O) groups excluding carboxylic acids is 1. The topological polar surface area (TPSA) is 52.3 Å². The highest BCUT2D eigenvalue weighted by molar-refractivity contribution is 9.10. The van der Waals surface area contributed by atoms with E-state index in [4.69, 9.17) is 10.5 Å². The lowest BCUT2D eigenvalue weighted by Crippen LogP contribution is -2.11. The van der Waals surface area contributed by atoms with E-state index in [0.717, 1.165) is 15.8 Å². The van der Waals surface area contributed by atoms with Crippen LogP contribution in [0.15, 0.2) is 45.3 Å². The van der Waals surface area contributed by atoms with Crippen molar-refractivity contribution < 1.29 is 9.53 Å². The number of carbonyl (C=O) groups is 1. The third-order valence-corrected chi connectivity index (χ3v) is 4.12. The van der Waals surface area contributed by atoms with Crippen LogP contribution in [0.3, 0.4) is 0 Å². The van der Waals surface area contributed by atoms with Gasteiger partial charge in [0.2, 0.25) is 5.91 Å². The van der Waals surface area contributed by atoms with Gasteiger partial charge in [-0.3, -0.25) is 4.79 Å². The molecule has 0 fully saturated rings. The quantitative estimate of drug-likeness (QED) is 0.851. The maximum atomic E-state index is 11.1. The summed E-state index contributed by atoms with van der Waals surface area (Å²) in [5.74, 6) is 0.899. The Balaban J connectivity index is 2.26. The second-order valence-electron chi connectivity index (χ2n) is 4.02. The lowest BCUT2D eigenvalue weighted by molar-refractivity contribution is 0.0999. The number of rotatable bonds is 3. The molecular weight excluding hydrogens is 374 g/mol. The van der Waals surface area contributed by atoms with Gasteiger partial charge in [0.05, 0.1) is 5.56 Å². The maximum absolute atomic E-state index is 11.1. The average molecular weight is 385 g/mol. The van der Waals surface area contributed by atoms with Crippen LogP contribution in [0.25, 0.3) is 0 Å². The molecule has 0 aromatic heterocycles. The van der Waals surface area contributed by atoms with Gasteiger partial charge in [0.25, 0.3) is 0 Å². The molecule has 2 aromatic rings. The lowest BCUT2D eigenvalue weighted by Gasteiger charge is -2.09. The van der Waals surface area contributed by atoms with E-state index in [1.807, 2.05) is 25.1 Å². The molecule has 0 saturated heterocycles. The van der Waals surface area contributed by atoms with Gasteiger partial charge in [-0.2, -0.15) is 0 Å². The van der Waals surface area contributed by atoms with E-state index >= 15 is 0 Å². The summed E-state index contributed by atoms with van der Waals surface area (Å²) in [6.07, 6.45) is 0. The Morgan fingerprint density at radius 1 is 1.05 bits per heavy atom. The Morgan fingerprint density at radius 3 is 2.26 bits per heavy atom. The van der Waals surface area contributed by atoms with Crippen LogP contribution in [-0.4, -0.2) is 5.91 Å². The van der Waals surface area contributed by atoms with E-state index in [-0.39, 0.29) is 0 Å². The van der Waals surface area contributed by atoms with Crippen LogP contribution < -0.4 is 10.5 Å². The highest BCUT2D eigenvalue weighted by Crippen LogP contribution is 2.29. The average Bonchev–Trinajstić information content (AvgIpc) is 2.33. The first-order chi connectivity index (χ1) is 8.97. The molecule has 98 valence electrons. The number of aryl methyl sites for hydroxylation is 1. The number of hydrogen-bond donors (Lipinski definition) is 1. The van der Waals surface area contributed by atoms with Crippen molar-refractivity contribution >= 4 is 37.8 Å². The van der Waals surface area contributed by atoms with Crippen molar-refractivity contribution in [3.05, 3.63) is 56.5 Å². The first kappa shape index (κ1) is 14.1. The van der Waals surface area contributed by atoms with Crippen LogP contribution in [-0.2, 0) is 0 Å². The van der Waals surface area contributed by atoms with Crippen molar-refractivity contribution in [1.82, 2.24) is 0 Å². The Morgan fingerprint density at radius 2 is 1.68 bits per heavy atom. The summed E-state index contributed by atoms with van der Waals surface area (Å²) in [6, 6.07) is 10.8. The summed E-state index contributed by atoms with van der Waals surface area (Å²) >= 11 is 6.74. The summed E-state index contributed by atoms with van der Waals surface area (Å²) in [5, 5.41) is 0. The molecule has 2 rings (SSSR count). The van der Waals surface area contributed by atoms with Crippen LogP contribution in [0.2, 0.25) is 0 Å². The Labute approximate surface area is 128 Å². The number of primary amides is 1. The van der Waals surface area contributed by atoms with E-state index in [0.29, 0.717) is 15.8 Å². The monoisotopic (exact) mass is 383 g/mol. The SMILES string of the molecule is Cc1cc(Oc2ccc(C(N)=O)c(Br)c2)ccc1Br. The summed E-state index contributed by atoms with van der Waals surface area (Å²) in [7, 11) is 0. The van der Waals surface area contributed by atoms with Crippen molar-refractivity contribution in [3.8, 4) is 11.5 Å². The Bertz CT molecular complexity index is 641. The fourth-order valence-corrected chi connectivity index (χ4v) is 2.38. The molecule has 1 amide bonds. The molecule has 0 radical (unpaired) electrons. The summed E-state index contributed by atoms with van der Waals surface area (Å²) in [6.45, 7) is 1.99. The first-order valence-electron chi connectivity index (χ1n) is 5.51. The molecule has 0 bridgehead atoms. The van der Waals surface area contributed by atoms with Crippen LogP contribution >= 0.6 is 31.9 Å². The van der Waals surface area contributed by atoms with E-state index < -0.39 is 5.91 Å². The third-order valence-electron chi connectivity index (χ3n) is 2.57. The number of amides is 1. The second kappa shape index (κ2) is 5.75. The van der Waals surface area contributed by atoms with Crippen LogP contribution in [0.1, 0.15) is 15.9 Å². The molecule has 19 heavy (non-hydrogen) atoms. The van der Waals surface area contributed by atoms with Crippen LogP contribution in [0.4, 0.5) is 0 Å². The third kappa shape index (κ3) is 3.36. The molecule has 0 aliphatic rings. The van der Waals surface area contributed by atoms with Gasteiger partial charge >= 0.3 is 0 Å². The zero-order chi connectivity index (χ0) is 14.0. The standard InChI is InChI=1S/C14H11Br2NO2/c1-8-6-9(3-5-12(8)15)19-10-2-4-11(14(17)18)13(16)7-10/h2-7H,1H3,(H2,17,18). The Hall–Kier alpha value is -1.33. The molecule has 2 N–H and O–H groups in total. The maximum Gasteiger partial charge on any atom is 0.249 e. The van der Waals surface area contributed by atoms with Gasteiger partial charge < -0.3 is 10.5 Å². The fraction of sp³-hybridized carbons (Fsp3) is 0.0714. The molecular formula is C14H11Br2NO2. The van der Waals surface area contributed by atoms with Gasteiger partial charge in [0.15, 0.2) is 0 Å². The molecule has 0 unspecified atom stereocenters. The predicted molar refractivity (Wildman–Crippen MR) is 81.6 cm³/mol. The molecule has 0 aliphatic heterocycles. The number of hydrogen-bond acceptors (Lipinski definition) is 2. The minimum atomic E-state index is -0.474. The zero-order valence-electron chi connectivity index (χ0n) is 10.1. The molecule has 0 aliphatic carbocycles. The van der Waals surface area contributed by atoms with Gasteiger partial charge in [0.1, 0.15) is 11.5 Å². The highest BCUT2D eigenvalue weighted by atomic mass is 79.9. The van der Waals surface area contributed by atoms with Crippen molar-refractivity contribution in [2.75, 3.05) is 0 Å². The van der Waals surface area contributed by atoms with Gasteiger partial charge in [-0.05, 0) is 64.8 Å². The number of ether oxygens (including phenoxy) is 1. The zero-order valence-corrected chi connectivity index (χ0v) is 13.3. The van der Waals surface area contributed by atoms with Gasteiger partial charge in [-0.15, -0.1) is 0 Å². The normalized spacial score (nSPS) is 10.3. The van der Waals surface area contributed by atoms with Gasteiger partial charge in [-0.1, -0.05) is 15.9 Å². The molecule has 0 atom stereocenters. The molecule has 5 heteroatoms. The predicted octanol–water partition coefficient (Wildman–Crippen LogP) is 4.41. The number of nitrogens with two attached hydrogens (primary N) is 1. The van der Waals surface area contributed by atoms with Crippen molar-refractivity contribution in [1.29, 1.82) is 0 Å². The van der Waals surface area contributed by atoms with Crippen molar-refractivity contribution in [2.45, 2.75) is 6.92 Å². The minimum Gasteiger partial charge on any atom is -0.457 e. The van der Waals surface area contributed by atoms with Crippen LogP contribution in [0, 0.1) is 6.92 Å². The lowest BCUT2D eigenvalue weighted by atomic mass is 10.2. The minimum absolute atomic E-state index is 0.430. The van der Waals surface area contributed by atoms with Gasteiger partial charge in [0, 0.05) is 8.95 Å². The molecule has 3 nitrogen and oxygen atoms in total. The smallest absolute Gasteiger partial charge is 0.249 e. The van der Waals surface area contributed by atoms with Crippen LogP contribution in [0.5, 0.6) is 11.5 Å². The van der Waals surface area contributed by atoms with E-state index in [9.17, 15) is 4.79 Å². The number of benzene rings is 2. The summed E-state index contributed by atoms with van der Waals surface area (Å²) in [5.41, 5.74) is 6.76. The largest absolute Gasteiger partial charge is 0.457 e. The molecule has 0 heterocycles. The number of halogens is 2. The van der Waals surface area contributed by atoms with Crippen molar-refractivity contribution in [2.24, 2.45) is 5.73 Å². The summed E-state index contributed by atoms with van der Waals surface area (Å²) in [4.78, 5) is 11.1. The van der Waals surface area contributed by atoms with E-state index in [1.165, 1.54) is 0 Å². The molecule has 2 aromatic carbocycles. The molecule has 0 spiro atoms. The molecule has 0 saturated carbocycles. The summed E-state index contributed by atoms with van der Waals surface area (Å²) < 4.78 is 7.38. The highest BCUT2D eigenvalue weighted by Gasteiger charge is 2.08. The van der Waals surface area contributed by atoms with E-state index in [2.05, 4.69) is 31.9 Å². The second-order valence-corrected chi connectivity index (χ2v) is 5.73. The fourth-order valence-electron chi connectivity index (χ4n) is 1.58. The van der Waals surface area contributed by atoms with E-state index in [1.54, 1.807) is 18.2 Å². The Kier molecular flexibility index (Phi) is 4.27. The van der Waals surface area contributed by atoms with Gasteiger partial charge in [-0.25, -0.2) is 0 Å². The van der Waals surface area contributed by atoms with Crippen molar-refractivity contribution in [3.63, 3.8) is 0 Å².